The Kier molecular flexibility index (Phi) is 9.53. The molecule has 2 aromatic carbocycles. The van der Waals surface area contributed by atoms with Crippen LogP contribution in [-0.2, 0) is 20.9 Å². The zero-order chi connectivity index (χ0) is 24.6. The molecule has 0 aromatic heterocycles. The van der Waals surface area contributed by atoms with E-state index in [1.54, 1.807) is 7.11 Å². The van der Waals surface area contributed by atoms with Crippen LogP contribution in [0.15, 0.2) is 42.5 Å². The standard InChI is InChI=1S/C28H40NO4P/c1-5-25(28(31)29-27-21(2)17-24(32-4)18-22(27)3)34(15-11-6-7-12-16-34)20-26(30)33-19-23-13-9-8-10-14-23/h8-10,13-14,17-18,25,34H,5-7,11-12,15-16,19-20H2,1-4H3,(H,29,31). The fraction of sp³-hybridized carbons (Fsp3) is 0.500. The predicted molar refractivity (Wildman–Crippen MR) is 143 cm³/mol. The average molecular weight is 486 g/mol. The summed E-state index contributed by atoms with van der Waals surface area (Å²) in [4.78, 5) is 26.8. The van der Waals surface area contributed by atoms with Crippen molar-refractivity contribution in [3.05, 3.63) is 59.2 Å². The molecular weight excluding hydrogens is 445 g/mol. The normalized spacial score (nSPS) is 17.2. The van der Waals surface area contributed by atoms with Gasteiger partial charge in [0, 0.05) is 0 Å². The van der Waals surface area contributed by atoms with Crippen LogP contribution in [-0.4, -0.2) is 43.1 Å². The van der Waals surface area contributed by atoms with Crippen LogP contribution in [0.25, 0.3) is 0 Å². The molecule has 1 N–H and O–H groups in total. The Balaban J connectivity index is 1.79. The summed E-state index contributed by atoms with van der Waals surface area (Å²) in [6.45, 7) is 6.36. The number of anilines is 1. The number of carbonyl (C=O) groups is 2. The molecular formula is C28H40NO4P. The van der Waals surface area contributed by atoms with Crippen LogP contribution < -0.4 is 10.1 Å². The van der Waals surface area contributed by atoms with E-state index in [9.17, 15) is 9.59 Å². The summed E-state index contributed by atoms with van der Waals surface area (Å²) >= 11 is 0. The minimum atomic E-state index is -2.24. The quantitative estimate of drug-likeness (QED) is 0.345. The van der Waals surface area contributed by atoms with Gasteiger partial charge in [-0.15, -0.1) is 0 Å². The van der Waals surface area contributed by atoms with Crippen molar-refractivity contribution in [3.8, 4) is 5.75 Å². The fourth-order valence-corrected chi connectivity index (χ4v) is 11.1. The molecule has 186 valence electrons. The number of hydrogen-bond donors (Lipinski definition) is 1. The van der Waals surface area contributed by atoms with E-state index in [-0.39, 0.29) is 24.1 Å². The van der Waals surface area contributed by atoms with Gasteiger partial charge >= 0.3 is 205 Å². The number of amides is 1. The van der Waals surface area contributed by atoms with Gasteiger partial charge in [-0.3, -0.25) is 0 Å². The molecule has 1 amide bonds. The molecule has 0 aliphatic carbocycles. The first kappa shape index (κ1) is 26.2. The Morgan fingerprint density at radius 2 is 1.62 bits per heavy atom. The molecule has 1 saturated heterocycles. The third-order valence-electron chi connectivity index (χ3n) is 7.29. The third kappa shape index (κ3) is 6.60. The van der Waals surface area contributed by atoms with Crippen molar-refractivity contribution in [3.63, 3.8) is 0 Å². The van der Waals surface area contributed by atoms with Gasteiger partial charge < -0.3 is 0 Å². The van der Waals surface area contributed by atoms with Crippen LogP contribution in [0.4, 0.5) is 5.69 Å². The van der Waals surface area contributed by atoms with Gasteiger partial charge in [-0.2, -0.15) is 0 Å². The third-order valence-corrected chi connectivity index (χ3v) is 13.1. The molecule has 1 atom stereocenters. The summed E-state index contributed by atoms with van der Waals surface area (Å²) < 4.78 is 11.1. The monoisotopic (exact) mass is 485 g/mol. The van der Waals surface area contributed by atoms with E-state index in [0.717, 1.165) is 59.7 Å². The Morgan fingerprint density at radius 3 is 2.18 bits per heavy atom. The van der Waals surface area contributed by atoms with Crippen LogP contribution in [0.1, 0.15) is 55.7 Å². The number of esters is 1. The van der Waals surface area contributed by atoms with E-state index < -0.39 is 7.26 Å². The van der Waals surface area contributed by atoms with Gasteiger partial charge in [-0.25, -0.2) is 0 Å². The van der Waals surface area contributed by atoms with Crippen molar-refractivity contribution in [2.45, 2.75) is 65.1 Å². The fourth-order valence-electron chi connectivity index (χ4n) is 5.50. The Bertz CT molecular complexity index is 945. The summed E-state index contributed by atoms with van der Waals surface area (Å²) in [5.41, 5.74) is 3.70. The van der Waals surface area contributed by atoms with E-state index in [1.165, 1.54) is 12.8 Å². The minimum absolute atomic E-state index is 0.0586. The SMILES string of the molecule is CCC(C(=O)Nc1c(C)cc(OC)cc1C)[PH]1(CC(=O)OCc2ccccc2)CCCCCC1. The van der Waals surface area contributed by atoms with Gasteiger partial charge in [0.1, 0.15) is 0 Å². The molecule has 3 rings (SSSR count). The molecule has 0 radical (unpaired) electrons. The number of nitrogens with one attached hydrogen (secondary N) is 1. The van der Waals surface area contributed by atoms with Crippen LogP contribution in [0.5, 0.6) is 5.75 Å². The zero-order valence-corrected chi connectivity index (χ0v) is 22.1. The van der Waals surface area contributed by atoms with E-state index >= 15 is 0 Å². The van der Waals surface area contributed by atoms with Crippen LogP contribution in [0, 0.1) is 13.8 Å². The number of rotatable bonds is 9. The second-order valence-corrected chi connectivity index (χ2v) is 14.5. The zero-order valence-electron chi connectivity index (χ0n) is 21.1. The summed E-state index contributed by atoms with van der Waals surface area (Å²) in [7, 11) is -0.594. The van der Waals surface area contributed by atoms with Gasteiger partial charge in [0.15, 0.2) is 0 Å². The van der Waals surface area contributed by atoms with Crippen molar-refractivity contribution in [1.29, 1.82) is 0 Å². The Morgan fingerprint density at radius 1 is 1.00 bits per heavy atom. The van der Waals surface area contributed by atoms with Crippen LogP contribution in [0.2, 0.25) is 0 Å². The summed E-state index contributed by atoms with van der Waals surface area (Å²) in [6, 6.07) is 13.7. The number of methoxy groups -OCH3 is 1. The molecule has 0 spiro atoms. The maximum absolute atomic E-state index is 13.7. The molecule has 1 fully saturated rings. The number of benzene rings is 2. The van der Waals surface area contributed by atoms with E-state index in [4.69, 9.17) is 9.47 Å². The molecule has 1 aliphatic rings. The summed E-state index contributed by atoms with van der Waals surface area (Å²) in [6.07, 6.45) is 7.76. The molecule has 1 aliphatic heterocycles. The number of hydrogen-bond acceptors (Lipinski definition) is 4. The summed E-state index contributed by atoms with van der Waals surface area (Å²) in [5, 5.41) is 3.24. The van der Waals surface area contributed by atoms with Gasteiger partial charge in [0.05, 0.1) is 0 Å². The first-order valence-electron chi connectivity index (χ1n) is 12.5. The van der Waals surface area contributed by atoms with Crippen molar-refractivity contribution in [2.24, 2.45) is 0 Å². The van der Waals surface area contributed by atoms with Crippen LogP contribution in [0.3, 0.4) is 0 Å². The topological polar surface area (TPSA) is 64.6 Å². The molecule has 0 saturated carbocycles. The van der Waals surface area contributed by atoms with Crippen LogP contribution >= 0.6 is 7.26 Å². The molecule has 5 nitrogen and oxygen atoms in total. The van der Waals surface area contributed by atoms with Gasteiger partial charge in [0.2, 0.25) is 0 Å². The summed E-state index contributed by atoms with van der Waals surface area (Å²) in [5.74, 6) is 0.694. The molecule has 34 heavy (non-hydrogen) atoms. The molecule has 6 heteroatoms. The number of ether oxygens (including phenoxy) is 2. The van der Waals surface area contributed by atoms with Crippen molar-refractivity contribution in [1.82, 2.24) is 0 Å². The second-order valence-electron chi connectivity index (χ2n) is 9.69. The molecule has 1 unspecified atom stereocenters. The van der Waals surface area contributed by atoms with E-state index in [1.807, 2.05) is 56.3 Å². The first-order valence-corrected chi connectivity index (χ1v) is 15.2. The Labute approximate surface area is 205 Å². The number of aryl methyl sites for hydroxylation is 2. The van der Waals surface area contributed by atoms with Crippen molar-refractivity contribution < 1.29 is 19.1 Å². The van der Waals surface area contributed by atoms with Crippen molar-refractivity contribution in [2.75, 3.05) is 30.9 Å². The second kappa shape index (κ2) is 12.4. The number of carbonyl (C=O) groups excluding carboxylic acids is 2. The maximum atomic E-state index is 13.7. The Hall–Kier alpha value is -2.39. The molecule has 2 aromatic rings. The average Bonchev–Trinajstić information content (AvgIpc) is 3.07. The van der Waals surface area contributed by atoms with Gasteiger partial charge in [-0.05, 0) is 0 Å². The molecule has 0 bridgehead atoms. The van der Waals surface area contributed by atoms with E-state index in [2.05, 4.69) is 12.2 Å². The van der Waals surface area contributed by atoms with Gasteiger partial charge in [0.25, 0.3) is 0 Å². The van der Waals surface area contributed by atoms with E-state index in [0.29, 0.717) is 6.16 Å². The first-order chi connectivity index (χ1) is 16.4. The van der Waals surface area contributed by atoms with Crippen molar-refractivity contribution >= 4 is 24.8 Å². The predicted octanol–water partition coefficient (Wildman–Crippen LogP) is 6.10. The van der Waals surface area contributed by atoms with Gasteiger partial charge in [-0.1, -0.05) is 0 Å². The molecule has 1 heterocycles.